The first-order valence-corrected chi connectivity index (χ1v) is 5.26. The van der Waals surface area contributed by atoms with E-state index >= 15 is 0 Å². The second kappa shape index (κ2) is 3.57. The molecule has 1 aromatic carbocycles. The Labute approximate surface area is 89.9 Å². The third-order valence-electron chi connectivity index (χ3n) is 2.69. The standard InChI is InChI=1S/C12H16N2O/c1-7(2)11-12(15)14-10-6-8(3)4-5-9(10)13-11/h4-7,11,13H,1-3H3,(H,14,15)/t11-/m0/s1. The molecule has 0 aromatic heterocycles. The Balaban J connectivity index is 2.34. The van der Waals surface area contributed by atoms with Crippen LogP contribution >= 0.6 is 0 Å². The summed E-state index contributed by atoms with van der Waals surface area (Å²) in [5.41, 5.74) is 3.05. The molecule has 0 spiro atoms. The Bertz CT molecular complexity index is 399. The van der Waals surface area contributed by atoms with Gasteiger partial charge in [-0.05, 0) is 30.5 Å². The van der Waals surface area contributed by atoms with Crippen molar-refractivity contribution in [2.75, 3.05) is 10.6 Å². The molecule has 0 radical (unpaired) electrons. The van der Waals surface area contributed by atoms with Gasteiger partial charge < -0.3 is 10.6 Å². The van der Waals surface area contributed by atoms with Crippen LogP contribution in [0.2, 0.25) is 0 Å². The van der Waals surface area contributed by atoms with E-state index in [-0.39, 0.29) is 11.9 Å². The lowest BCUT2D eigenvalue weighted by atomic mass is 10.00. The summed E-state index contributed by atoms with van der Waals surface area (Å²) in [6.07, 6.45) is 0. The molecule has 3 heteroatoms. The fraction of sp³-hybridized carbons (Fsp3) is 0.417. The van der Waals surface area contributed by atoms with E-state index in [2.05, 4.69) is 10.6 Å². The van der Waals surface area contributed by atoms with Crippen molar-refractivity contribution in [3.05, 3.63) is 23.8 Å². The topological polar surface area (TPSA) is 41.1 Å². The van der Waals surface area contributed by atoms with Gasteiger partial charge in [0.1, 0.15) is 6.04 Å². The fourth-order valence-electron chi connectivity index (χ4n) is 1.80. The highest BCUT2D eigenvalue weighted by Gasteiger charge is 2.27. The molecule has 1 aromatic rings. The molecule has 1 aliphatic heterocycles. The summed E-state index contributed by atoms with van der Waals surface area (Å²) in [5.74, 6) is 0.350. The number of hydrogen-bond donors (Lipinski definition) is 2. The van der Waals surface area contributed by atoms with E-state index in [0.29, 0.717) is 5.92 Å². The van der Waals surface area contributed by atoms with E-state index in [1.165, 1.54) is 0 Å². The van der Waals surface area contributed by atoms with Gasteiger partial charge in [-0.2, -0.15) is 0 Å². The summed E-state index contributed by atoms with van der Waals surface area (Å²) >= 11 is 0. The molecule has 3 nitrogen and oxygen atoms in total. The lowest BCUT2D eigenvalue weighted by Gasteiger charge is -2.29. The normalized spacial score (nSPS) is 19.5. The molecule has 0 bridgehead atoms. The van der Waals surface area contributed by atoms with Crippen molar-refractivity contribution in [1.82, 2.24) is 0 Å². The van der Waals surface area contributed by atoms with Gasteiger partial charge in [-0.25, -0.2) is 0 Å². The number of rotatable bonds is 1. The van der Waals surface area contributed by atoms with Crippen molar-refractivity contribution in [3.63, 3.8) is 0 Å². The largest absolute Gasteiger partial charge is 0.372 e. The van der Waals surface area contributed by atoms with Crippen LogP contribution in [0.15, 0.2) is 18.2 Å². The number of carbonyl (C=O) groups excluding carboxylic acids is 1. The molecule has 0 unspecified atom stereocenters. The first kappa shape index (κ1) is 10.0. The summed E-state index contributed by atoms with van der Waals surface area (Å²) in [5, 5.41) is 6.19. The number of hydrogen-bond acceptors (Lipinski definition) is 2. The molecule has 0 fully saturated rings. The molecule has 2 rings (SSSR count). The zero-order valence-electron chi connectivity index (χ0n) is 9.29. The van der Waals surface area contributed by atoms with Crippen LogP contribution < -0.4 is 10.6 Å². The Kier molecular flexibility index (Phi) is 2.39. The molecular weight excluding hydrogens is 188 g/mol. The van der Waals surface area contributed by atoms with Gasteiger partial charge in [-0.3, -0.25) is 4.79 Å². The van der Waals surface area contributed by atoms with Gasteiger partial charge in [0.05, 0.1) is 11.4 Å². The zero-order chi connectivity index (χ0) is 11.0. The van der Waals surface area contributed by atoms with Crippen molar-refractivity contribution >= 4 is 17.3 Å². The Morgan fingerprint density at radius 2 is 2.00 bits per heavy atom. The van der Waals surface area contributed by atoms with Crippen molar-refractivity contribution < 1.29 is 4.79 Å². The van der Waals surface area contributed by atoms with Crippen LogP contribution in [0.3, 0.4) is 0 Å². The van der Waals surface area contributed by atoms with Gasteiger partial charge in [0.15, 0.2) is 0 Å². The number of benzene rings is 1. The predicted molar refractivity (Wildman–Crippen MR) is 62.1 cm³/mol. The van der Waals surface area contributed by atoms with E-state index in [1.54, 1.807) is 0 Å². The first-order valence-electron chi connectivity index (χ1n) is 5.26. The van der Waals surface area contributed by atoms with Gasteiger partial charge in [0.25, 0.3) is 0 Å². The molecule has 1 heterocycles. The number of fused-ring (bicyclic) bond motifs is 1. The first-order chi connectivity index (χ1) is 7.08. The molecule has 1 aliphatic rings. The van der Waals surface area contributed by atoms with Gasteiger partial charge >= 0.3 is 0 Å². The maximum Gasteiger partial charge on any atom is 0.247 e. The predicted octanol–water partition coefficient (Wildman–Crippen LogP) is 2.38. The SMILES string of the molecule is Cc1ccc2c(c1)NC(=O)[C@H](C(C)C)N2. The van der Waals surface area contributed by atoms with Gasteiger partial charge in [0.2, 0.25) is 5.91 Å². The van der Waals surface area contributed by atoms with Crippen molar-refractivity contribution in [1.29, 1.82) is 0 Å². The monoisotopic (exact) mass is 204 g/mol. The van der Waals surface area contributed by atoms with Crippen molar-refractivity contribution in [2.45, 2.75) is 26.8 Å². The van der Waals surface area contributed by atoms with Crippen LogP contribution in [0.25, 0.3) is 0 Å². The van der Waals surface area contributed by atoms with Gasteiger partial charge in [-0.1, -0.05) is 19.9 Å². The Hall–Kier alpha value is -1.51. The number of amides is 1. The van der Waals surface area contributed by atoms with E-state index < -0.39 is 0 Å². The minimum Gasteiger partial charge on any atom is -0.372 e. The third kappa shape index (κ3) is 1.82. The quantitative estimate of drug-likeness (QED) is 0.737. The molecular formula is C12H16N2O. The van der Waals surface area contributed by atoms with Crippen molar-refractivity contribution in [2.24, 2.45) is 5.92 Å². The minimum atomic E-state index is -0.125. The van der Waals surface area contributed by atoms with Crippen LogP contribution in [-0.4, -0.2) is 11.9 Å². The summed E-state index contributed by atoms with van der Waals surface area (Å²) in [7, 11) is 0. The molecule has 1 amide bonds. The lowest BCUT2D eigenvalue weighted by Crippen LogP contribution is -2.42. The van der Waals surface area contributed by atoms with Crippen LogP contribution in [0.1, 0.15) is 19.4 Å². The molecule has 1 atom stereocenters. The minimum absolute atomic E-state index is 0.0584. The van der Waals surface area contributed by atoms with E-state index in [0.717, 1.165) is 16.9 Å². The van der Waals surface area contributed by atoms with Gasteiger partial charge in [0, 0.05) is 0 Å². The van der Waals surface area contributed by atoms with Crippen LogP contribution in [-0.2, 0) is 4.79 Å². The van der Waals surface area contributed by atoms with E-state index in [9.17, 15) is 4.79 Å². The number of carbonyl (C=O) groups is 1. The second-order valence-corrected chi connectivity index (χ2v) is 4.40. The van der Waals surface area contributed by atoms with Gasteiger partial charge in [-0.15, -0.1) is 0 Å². The zero-order valence-corrected chi connectivity index (χ0v) is 9.29. The van der Waals surface area contributed by atoms with Crippen LogP contribution in [0.5, 0.6) is 0 Å². The number of nitrogens with one attached hydrogen (secondary N) is 2. The average molecular weight is 204 g/mol. The number of aryl methyl sites for hydroxylation is 1. The third-order valence-corrected chi connectivity index (χ3v) is 2.69. The highest BCUT2D eigenvalue weighted by molar-refractivity contribution is 6.03. The highest BCUT2D eigenvalue weighted by atomic mass is 16.2. The molecule has 15 heavy (non-hydrogen) atoms. The number of anilines is 2. The second-order valence-electron chi connectivity index (χ2n) is 4.40. The summed E-state index contributed by atoms with van der Waals surface area (Å²) < 4.78 is 0. The van der Waals surface area contributed by atoms with Crippen LogP contribution in [0, 0.1) is 12.8 Å². The maximum absolute atomic E-state index is 11.7. The summed E-state index contributed by atoms with van der Waals surface area (Å²) in [6, 6.07) is 5.91. The maximum atomic E-state index is 11.7. The van der Waals surface area contributed by atoms with Crippen LogP contribution in [0.4, 0.5) is 11.4 Å². The fourth-order valence-corrected chi connectivity index (χ4v) is 1.80. The molecule has 0 aliphatic carbocycles. The lowest BCUT2D eigenvalue weighted by molar-refractivity contribution is -0.117. The van der Waals surface area contributed by atoms with Crippen molar-refractivity contribution in [3.8, 4) is 0 Å². The molecule has 0 saturated heterocycles. The summed E-state index contributed by atoms with van der Waals surface area (Å²) in [6.45, 7) is 6.09. The molecule has 2 N–H and O–H groups in total. The molecule has 0 saturated carbocycles. The Morgan fingerprint density at radius 1 is 1.27 bits per heavy atom. The van der Waals surface area contributed by atoms with E-state index in [1.807, 2.05) is 39.0 Å². The average Bonchev–Trinajstić information content (AvgIpc) is 2.15. The van der Waals surface area contributed by atoms with E-state index in [4.69, 9.17) is 0 Å². The summed E-state index contributed by atoms with van der Waals surface area (Å²) in [4.78, 5) is 11.7. The molecule has 80 valence electrons. The smallest absolute Gasteiger partial charge is 0.247 e. The highest BCUT2D eigenvalue weighted by Crippen LogP contribution is 2.29. The Morgan fingerprint density at radius 3 is 2.67 bits per heavy atom.